The van der Waals surface area contributed by atoms with Crippen molar-refractivity contribution in [2.75, 3.05) is 0 Å². The van der Waals surface area contributed by atoms with Crippen molar-refractivity contribution in [3.8, 4) is 5.69 Å². The van der Waals surface area contributed by atoms with Gasteiger partial charge in [-0.1, -0.05) is 31.9 Å². The molecule has 5 heteroatoms. The summed E-state index contributed by atoms with van der Waals surface area (Å²) in [4.78, 5) is 3.27. The van der Waals surface area contributed by atoms with Crippen molar-refractivity contribution in [3.63, 3.8) is 0 Å². The number of H-pyrrole nitrogens is 1. The molecule has 0 saturated carbocycles. The summed E-state index contributed by atoms with van der Waals surface area (Å²) in [5, 5.41) is 0. The van der Waals surface area contributed by atoms with Crippen LogP contribution in [0.1, 0.15) is 11.1 Å². The molecule has 0 saturated heterocycles. The Hall–Kier alpha value is -0.910. The lowest BCUT2D eigenvalue weighted by atomic mass is 10.1. The summed E-state index contributed by atoms with van der Waals surface area (Å²) in [6, 6.07) is 10.4. The highest BCUT2D eigenvalue weighted by Crippen LogP contribution is 2.29. The zero-order chi connectivity index (χ0) is 14.4. The fourth-order valence-electron chi connectivity index (χ4n) is 2.55. The van der Waals surface area contributed by atoms with Gasteiger partial charge in [0.05, 0.1) is 16.7 Å². The molecule has 0 aliphatic heterocycles. The van der Waals surface area contributed by atoms with E-state index in [4.69, 9.17) is 12.2 Å². The number of halogens is 2. The molecule has 0 aliphatic carbocycles. The van der Waals surface area contributed by atoms with Gasteiger partial charge in [0.1, 0.15) is 0 Å². The Balaban J connectivity index is 2.44. The van der Waals surface area contributed by atoms with Gasteiger partial charge >= 0.3 is 0 Å². The monoisotopic (exact) mass is 410 g/mol. The number of nitrogens with zero attached hydrogens (tertiary/aromatic N) is 1. The number of aromatic nitrogens is 2. The number of rotatable bonds is 1. The van der Waals surface area contributed by atoms with E-state index in [2.05, 4.69) is 73.5 Å². The van der Waals surface area contributed by atoms with Crippen molar-refractivity contribution in [3.05, 3.63) is 55.2 Å². The Labute approximate surface area is 139 Å². The fourth-order valence-corrected chi connectivity index (χ4v) is 3.89. The number of imidazole rings is 1. The van der Waals surface area contributed by atoms with Crippen molar-refractivity contribution >= 4 is 55.1 Å². The molecule has 2 aromatic carbocycles. The zero-order valence-electron chi connectivity index (χ0n) is 11.0. The minimum atomic E-state index is 0.714. The van der Waals surface area contributed by atoms with Crippen molar-refractivity contribution < 1.29 is 0 Å². The van der Waals surface area contributed by atoms with E-state index in [1.807, 2.05) is 12.1 Å². The van der Waals surface area contributed by atoms with Crippen LogP contribution in [0, 0.1) is 18.6 Å². The van der Waals surface area contributed by atoms with Gasteiger partial charge in [0.2, 0.25) is 0 Å². The van der Waals surface area contributed by atoms with Crippen LogP contribution in [0.4, 0.5) is 0 Å². The van der Waals surface area contributed by atoms with Crippen LogP contribution in [0.15, 0.2) is 39.3 Å². The van der Waals surface area contributed by atoms with E-state index in [0.29, 0.717) is 4.77 Å². The normalized spacial score (nSPS) is 11.2. The van der Waals surface area contributed by atoms with Crippen LogP contribution in [-0.2, 0) is 0 Å². The van der Waals surface area contributed by atoms with Gasteiger partial charge in [0.25, 0.3) is 0 Å². The molecule has 0 unspecified atom stereocenters. The molecule has 3 aromatic rings. The maximum Gasteiger partial charge on any atom is 0.182 e. The van der Waals surface area contributed by atoms with Crippen molar-refractivity contribution in [2.45, 2.75) is 13.8 Å². The Morgan fingerprint density at radius 2 is 1.65 bits per heavy atom. The second-order valence-corrected chi connectivity index (χ2v) is 7.03. The maximum atomic E-state index is 5.51. The van der Waals surface area contributed by atoms with E-state index in [1.165, 1.54) is 11.1 Å². The number of aryl methyl sites for hydroxylation is 2. The molecule has 1 N–H and O–H groups in total. The van der Waals surface area contributed by atoms with Crippen LogP contribution in [-0.4, -0.2) is 9.55 Å². The van der Waals surface area contributed by atoms with Crippen LogP contribution in [0.5, 0.6) is 0 Å². The summed E-state index contributed by atoms with van der Waals surface area (Å²) in [6.45, 7) is 4.21. The molecule has 0 aliphatic rings. The highest BCUT2D eigenvalue weighted by molar-refractivity contribution is 9.10. The summed E-state index contributed by atoms with van der Waals surface area (Å²) < 4.78 is 4.95. The third kappa shape index (κ3) is 2.28. The fraction of sp³-hybridized carbons (Fsp3) is 0.133. The Kier molecular flexibility index (Phi) is 3.60. The quantitative estimate of drug-likeness (QED) is 0.499. The number of hydrogen-bond donors (Lipinski definition) is 1. The highest BCUT2D eigenvalue weighted by Gasteiger charge is 2.12. The van der Waals surface area contributed by atoms with Crippen molar-refractivity contribution in [1.82, 2.24) is 9.55 Å². The van der Waals surface area contributed by atoms with Crippen LogP contribution >= 0.6 is 44.1 Å². The first-order valence-corrected chi connectivity index (χ1v) is 8.14. The van der Waals surface area contributed by atoms with E-state index >= 15 is 0 Å². The minimum absolute atomic E-state index is 0.714. The molecule has 0 fully saturated rings. The molecule has 0 radical (unpaired) electrons. The number of benzene rings is 2. The standard InChI is InChI=1S/C15H12Br2N2S/c1-8-5-11(17)6-9(2)14(8)19-13-7-10(16)3-4-12(13)18-15(19)20/h3-7H,1-2H3,(H,18,20). The van der Waals surface area contributed by atoms with Crippen molar-refractivity contribution in [2.24, 2.45) is 0 Å². The number of aromatic amines is 1. The van der Waals surface area contributed by atoms with Crippen LogP contribution < -0.4 is 0 Å². The van der Waals surface area contributed by atoms with Gasteiger partial charge in [0.15, 0.2) is 4.77 Å². The summed E-state index contributed by atoms with van der Waals surface area (Å²) >= 11 is 12.6. The van der Waals surface area contributed by atoms with Crippen molar-refractivity contribution in [1.29, 1.82) is 0 Å². The van der Waals surface area contributed by atoms with Gasteiger partial charge in [-0.05, 0) is 67.5 Å². The Morgan fingerprint density at radius 3 is 2.30 bits per heavy atom. The van der Waals surface area contributed by atoms with Gasteiger partial charge in [-0.15, -0.1) is 0 Å². The second-order valence-electron chi connectivity index (χ2n) is 4.82. The second kappa shape index (κ2) is 5.13. The van der Waals surface area contributed by atoms with Crippen LogP contribution in [0.2, 0.25) is 0 Å². The highest BCUT2D eigenvalue weighted by atomic mass is 79.9. The zero-order valence-corrected chi connectivity index (χ0v) is 15.0. The molecule has 20 heavy (non-hydrogen) atoms. The average Bonchev–Trinajstić information content (AvgIpc) is 2.65. The van der Waals surface area contributed by atoms with Gasteiger partial charge in [-0.3, -0.25) is 4.57 Å². The number of hydrogen-bond acceptors (Lipinski definition) is 1. The van der Waals surface area contributed by atoms with Crippen LogP contribution in [0.3, 0.4) is 0 Å². The third-order valence-corrected chi connectivity index (χ3v) is 4.56. The van der Waals surface area contributed by atoms with Gasteiger partial charge in [-0.2, -0.15) is 0 Å². The third-order valence-electron chi connectivity index (χ3n) is 3.32. The molecule has 102 valence electrons. The minimum Gasteiger partial charge on any atom is -0.330 e. The van der Waals surface area contributed by atoms with E-state index in [0.717, 1.165) is 25.7 Å². The first kappa shape index (κ1) is 14.0. The van der Waals surface area contributed by atoms with E-state index in [-0.39, 0.29) is 0 Å². The van der Waals surface area contributed by atoms with E-state index in [9.17, 15) is 0 Å². The molecule has 1 aromatic heterocycles. The smallest absolute Gasteiger partial charge is 0.182 e. The summed E-state index contributed by atoms with van der Waals surface area (Å²) in [6.07, 6.45) is 0. The molecule has 3 rings (SSSR count). The van der Waals surface area contributed by atoms with Gasteiger partial charge in [-0.25, -0.2) is 0 Å². The lowest BCUT2D eigenvalue weighted by Crippen LogP contribution is -2.00. The van der Waals surface area contributed by atoms with E-state index < -0.39 is 0 Å². The summed E-state index contributed by atoms with van der Waals surface area (Å²) in [5.41, 5.74) is 5.64. The Bertz CT molecular complexity index is 854. The predicted octanol–water partition coefficient (Wildman–Crippen LogP) is 5.83. The number of nitrogens with one attached hydrogen (secondary N) is 1. The summed E-state index contributed by atoms with van der Waals surface area (Å²) in [7, 11) is 0. The lowest BCUT2D eigenvalue weighted by Gasteiger charge is -2.13. The number of fused-ring (bicyclic) bond motifs is 1. The summed E-state index contributed by atoms with van der Waals surface area (Å²) in [5.74, 6) is 0. The molecule has 0 bridgehead atoms. The first-order chi connectivity index (χ1) is 9.47. The largest absolute Gasteiger partial charge is 0.330 e. The molecular formula is C15H12Br2N2S. The lowest BCUT2D eigenvalue weighted by molar-refractivity contribution is 1.03. The Morgan fingerprint density at radius 1 is 1.00 bits per heavy atom. The topological polar surface area (TPSA) is 20.7 Å². The molecule has 0 spiro atoms. The maximum absolute atomic E-state index is 5.51. The average molecular weight is 412 g/mol. The predicted molar refractivity (Wildman–Crippen MR) is 93.3 cm³/mol. The molecule has 2 nitrogen and oxygen atoms in total. The van der Waals surface area contributed by atoms with E-state index in [1.54, 1.807) is 0 Å². The molecule has 1 heterocycles. The molecular weight excluding hydrogens is 400 g/mol. The molecule has 0 atom stereocenters. The first-order valence-electron chi connectivity index (χ1n) is 6.15. The van der Waals surface area contributed by atoms with Gasteiger partial charge in [0, 0.05) is 8.95 Å². The van der Waals surface area contributed by atoms with Gasteiger partial charge < -0.3 is 4.98 Å². The van der Waals surface area contributed by atoms with Crippen LogP contribution in [0.25, 0.3) is 16.7 Å². The molecule has 0 amide bonds. The SMILES string of the molecule is Cc1cc(Br)cc(C)c1-n1c(=S)[nH]c2ccc(Br)cc21.